The molecule has 166 valence electrons. The van der Waals surface area contributed by atoms with Crippen LogP contribution in [-0.4, -0.2) is 72.3 Å². The average molecular weight is 417 g/mol. The summed E-state index contributed by atoms with van der Waals surface area (Å²) < 4.78 is 10.9. The van der Waals surface area contributed by atoms with Gasteiger partial charge in [0.1, 0.15) is 0 Å². The molecule has 1 aromatic rings. The van der Waals surface area contributed by atoms with E-state index in [0.717, 1.165) is 57.1 Å². The van der Waals surface area contributed by atoms with Gasteiger partial charge in [0.05, 0.1) is 6.54 Å². The SMILES string of the molecule is CC1(C)CC(NC(=O)CN2CCN(Cc3ccc4c(c3)OCO4)CC2)CC(C)(C)N1. The van der Waals surface area contributed by atoms with Crippen LogP contribution in [0.25, 0.3) is 0 Å². The van der Waals surface area contributed by atoms with Crippen molar-refractivity contribution >= 4 is 5.91 Å². The molecule has 0 bridgehead atoms. The van der Waals surface area contributed by atoms with Crippen LogP contribution >= 0.6 is 0 Å². The number of carbonyl (C=O) groups excluding carboxylic acids is 1. The second-order valence-corrected chi connectivity index (χ2v) is 10.3. The van der Waals surface area contributed by atoms with E-state index in [0.29, 0.717) is 13.3 Å². The number of fused-ring (bicyclic) bond motifs is 1. The minimum Gasteiger partial charge on any atom is -0.454 e. The summed E-state index contributed by atoms with van der Waals surface area (Å²) in [5.74, 6) is 1.82. The van der Waals surface area contributed by atoms with Gasteiger partial charge in [-0.05, 0) is 58.2 Å². The summed E-state index contributed by atoms with van der Waals surface area (Å²) in [5, 5.41) is 6.97. The van der Waals surface area contributed by atoms with E-state index in [2.05, 4.69) is 60.3 Å². The van der Waals surface area contributed by atoms with E-state index in [4.69, 9.17) is 9.47 Å². The fraction of sp³-hybridized carbons (Fsp3) is 0.696. The maximum atomic E-state index is 12.7. The number of piperazine rings is 1. The van der Waals surface area contributed by atoms with Crippen molar-refractivity contribution in [1.29, 1.82) is 0 Å². The third kappa shape index (κ3) is 5.45. The Hall–Kier alpha value is -1.83. The lowest BCUT2D eigenvalue weighted by Gasteiger charge is -2.46. The van der Waals surface area contributed by atoms with Crippen molar-refractivity contribution < 1.29 is 14.3 Å². The van der Waals surface area contributed by atoms with Gasteiger partial charge >= 0.3 is 0 Å². The van der Waals surface area contributed by atoms with Crippen LogP contribution in [0.1, 0.15) is 46.1 Å². The predicted molar refractivity (Wildman–Crippen MR) is 117 cm³/mol. The minimum absolute atomic E-state index is 0.0417. The van der Waals surface area contributed by atoms with Gasteiger partial charge < -0.3 is 20.1 Å². The molecule has 2 fully saturated rings. The minimum atomic E-state index is 0.0417. The Kier molecular flexibility index (Phi) is 5.97. The standard InChI is InChI=1S/C23H36N4O3/c1-22(2)12-18(13-23(3,4)25-22)24-21(28)15-27-9-7-26(8-10-27)14-17-5-6-19-20(11-17)30-16-29-19/h5-6,11,18,25H,7-10,12-16H2,1-4H3,(H,24,28). The van der Waals surface area contributed by atoms with Crippen molar-refractivity contribution in [3.8, 4) is 11.5 Å². The number of amides is 1. The van der Waals surface area contributed by atoms with Crippen molar-refractivity contribution in [3.05, 3.63) is 23.8 Å². The lowest BCUT2D eigenvalue weighted by atomic mass is 9.79. The molecule has 7 nitrogen and oxygen atoms in total. The number of benzene rings is 1. The van der Waals surface area contributed by atoms with Gasteiger partial charge in [-0.3, -0.25) is 14.6 Å². The van der Waals surface area contributed by atoms with Crippen molar-refractivity contribution in [3.63, 3.8) is 0 Å². The molecule has 0 atom stereocenters. The number of ether oxygens (including phenoxy) is 2. The first-order chi connectivity index (χ1) is 14.2. The zero-order chi connectivity index (χ0) is 21.4. The lowest BCUT2D eigenvalue weighted by Crippen LogP contribution is -2.62. The van der Waals surface area contributed by atoms with Gasteiger partial charge in [-0.25, -0.2) is 0 Å². The second kappa shape index (κ2) is 8.36. The number of piperidine rings is 1. The number of hydrogen-bond acceptors (Lipinski definition) is 6. The molecular weight excluding hydrogens is 380 g/mol. The predicted octanol–water partition coefficient (Wildman–Crippen LogP) is 1.96. The highest BCUT2D eigenvalue weighted by atomic mass is 16.7. The summed E-state index contributed by atoms with van der Waals surface area (Å²) in [7, 11) is 0. The molecule has 2 saturated heterocycles. The van der Waals surface area contributed by atoms with Gasteiger partial charge in [0, 0.05) is 49.8 Å². The Morgan fingerprint density at radius 2 is 1.67 bits per heavy atom. The van der Waals surface area contributed by atoms with Crippen LogP contribution in [0.15, 0.2) is 18.2 Å². The van der Waals surface area contributed by atoms with Gasteiger partial charge in [-0.2, -0.15) is 0 Å². The number of nitrogens with zero attached hydrogens (tertiary/aromatic N) is 2. The fourth-order valence-electron chi connectivity index (χ4n) is 5.30. The molecule has 3 heterocycles. The zero-order valence-corrected chi connectivity index (χ0v) is 18.8. The van der Waals surface area contributed by atoms with Crippen LogP contribution in [0.5, 0.6) is 11.5 Å². The van der Waals surface area contributed by atoms with Crippen molar-refractivity contribution in [2.75, 3.05) is 39.5 Å². The fourth-order valence-corrected chi connectivity index (χ4v) is 5.30. The first-order valence-corrected chi connectivity index (χ1v) is 11.1. The van der Waals surface area contributed by atoms with Crippen molar-refractivity contribution in [2.45, 2.75) is 64.2 Å². The lowest BCUT2D eigenvalue weighted by molar-refractivity contribution is -0.124. The molecule has 4 rings (SSSR count). The molecule has 0 aromatic heterocycles. The van der Waals surface area contributed by atoms with Crippen LogP contribution in [0.3, 0.4) is 0 Å². The second-order valence-electron chi connectivity index (χ2n) is 10.3. The van der Waals surface area contributed by atoms with E-state index in [9.17, 15) is 4.79 Å². The van der Waals surface area contributed by atoms with Crippen LogP contribution in [0, 0.1) is 0 Å². The van der Waals surface area contributed by atoms with Crippen LogP contribution in [0.4, 0.5) is 0 Å². The molecule has 3 aliphatic heterocycles. The zero-order valence-electron chi connectivity index (χ0n) is 18.8. The van der Waals surface area contributed by atoms with Gasteiger partial charge in [0.25, 0.3) is 0 Å². The van der Waals surface area contributed by atoms with Gasteiger partial charge in [0.15, 0.2) is 11.5 Å². The molecule has 0 radical (unpaired) electrons. The van der Waals surface area contributed by atoms with E-state index in [1.165, 1.54) is 5.56 Å². The van der Waals surface area contributed by atoms with E-state index in [1.807, 2.05) is 6.07 Å². The maximum absolute atomic E-state index is 12.7. The molecule has 1 aromatic carbocycles. The molecule has 0 spiro atoms. The van der Waals surface area contributed by atoms with E-state index >= 15 is 0 Å². The molecule has 0 saturated carbocycles. The molecule has 3 aliphatic rings. The Bertz CT molecular complexity index is 756. The first-order valence-electron chi connectivity index (χ1n) is 11.1. The van der Waals surface area contributed by atoms with E-state index in [1.54, 1.807) is 0 Å². The highest BCUT2D eigenvalue weighted by Gasteiger charge is 2.38. The topological polar surface area (TPSA) is 66.1 Å². The monoisotopic (exact) mass is 416 g/mol. The molecule has 1 amide bonds. The van der Waals surface area contributed by atoms with Gasteiger partial charge in [-0.1, -0.05) is 6.07 Å². The summed E-state index contributed by atoms with van der Waals surface area (Å²) in [5.41, 5.74) is 1.32. The molecule has 0 aliphatic carbocycles. The third-order valence-corrected chi connectivity index (χ3v) is 6.23. The van der Waals surface area contributed by atoms with Crippen LogP contribution < -0.4 is 20.1 Å². The number of rotatable bonds is 5. The van der Waals surface area contributed by atoms with Crippen molar-refractivity contribution in [1.82, 2.24) is 20.4 Å². The summed E-state index contributed by atoms with van der Waals surface area (Å²) >= 11 is 0. The molecule has 2 N–H and O–H groups in total. The van der Waals surface area contributed by atoms with Crippen molar-refractivity contribution in [2.24, 2.45) is 0 Å². The average Bonchev–Trinajstić information content (AvgIpc) is 3.08. The normalized spacial score (nSPS) is 24.0. The number of carbonyl (C=O) groups is 1. The Balaban J connectivity index is 1.21. The van der Waals surface area contributed by atoms with Gasteiger partial charge in [-0.15, -0.1) is 0 Å². The largest absolute Gasteiger partial charge is 0.454 e. The molecule has 0 unspecified atom stereocenters. The number of hydrogen-bond donors (Lipinski definition) is 2. The third-order valence-electron chi connectivity index (χ3n) is 6.23. The van der Waals surface area contributed by atoms with Crippen LogP contribution in [-0.2, 0) is 11.3 Å². The molecule has 30 heavy (non-hydrogen) atoms. The van der Waals surface area contributed by atoms with Crippen LogP contribution in [0.2, 0.25) is 0 Å². The summed E-state index contributed by atoms with van der Waals surface area (Å²) in [4.78, 5) is 17.4. The first kappa shape index (κ1) is 21.4. The Morgan fingerprint density at radius 1 is 1.03 bits per heavy atom. The highest BCUT2D eigenvalue weighted by Crippen LogP contribution is 2.33. The molecular formula is C23H36N4O3. The summed E-state index contributed by atoms with van der Waals surface area (Å²) in [6.07, 6.45) is 1.93. The highest BCUT2D eigenvalue weighted by molar-refractivity contribution is 5.78. The summed E-state index contributed by atoms with van der Waals surface area (Å²) in [6.45, 7) is 14.3. The quantitative estimate of drug-likeness (QED) is 0.765. The molecule has 7 heteroatoms. The van der Waals surface area contributed by atoms with Gasteiger partial charge in [0.2, 0.25) is 12.7 Å². The Morgan fingerprint density at radius 3 is 2.37 bits per heavy atom. The number of nitrogens with one attached hydrogen (secondary N) is 2. The smallest absolute Gasteiger partial charge is 0.234 e. The van der Waals surface area contributed by atoms with E-state index < -0.39 is 0 Å². The maximum Gasteiger partial charge on any atom is 0.234 e. The summed E-state index contributed by atoms with van der Waals surface area (Å²) in [6, 6.07) is 6.40. The van der Waals surface area contributed by atoms with E-state index in [-0.39, 0.29) is 23.0 Å². The Labute approximate surface area is 180 Å².